The Balaban J connectivity index is 2.44. The summed E-state index contributed by atoms with van der Waals surface area (Å²) in [6, 6.07) is 5.52. The molecule has 0 bridgehead atoms. The Morgan fingerprint density at radius 1 is 1.00 bits per heavy atom. The molecule has 1 aromatic carbocycles. The highest BCUT2D eigenvalue weighted by Crippen LogP contribution is 2.32. The van der Waals surface area contributed by atoms with Crippen LogP contribution in [-0.4, -0.2) is 4.98 Å². The topological polar surface area (TPSA) is 12.9 Å². The summed E-state index contributed by atoms with van der Waals surface area (Å²) in [5.41, 5.74) is -0.361. The van der Waals surface area contributed by atoms with E-state index in [4.69, 9.17) is 11.6 Å². The molecule has 0 N–H and O–H groups in total. The van der Waals surface area contributed by atoms with Crippen LogP contribution in [0.4, 0.5) is 17.6 Å². The first kappa shape index (κ1) is 12.8. The molecule has 6 heteroatoms. The zero-order valence-electron chi connectivity index (χ0n) is 8.80. The van der Waals surface area contributed by atoms with E-state index in [0.29, 0.717) is 5.56 Å². The maximum atomic E-state index is 13.6. The van der Waals surface area contributed by atoms with E-state index in [1.807, 2.05) is 0 Å². The van der Waals surface area contributed by atoms with E-state index >= 15 is 0 Å². The second kappa shape index (κ2) is 4.57. The number of hydrogen-bond donors (Lipinski definition) is 0. The van der Waals surface area contributed by atoms with E-state index in [0.717, 1.165) is 12.1 Å². The smallest absolute Gasteiger partial charge is 0.242 e. The highest BCUT2D eigenvalue weighted by Gasteiger charge is 2.30. The number of aromatic nitrogens is 1. The van der Waals surface area contributed by atoms with Gasteiger partial charge in [-0.1, -0.05) is 23.7 Å². The van der Waals surface area contributed by atoms with Crippen LogP contribution in [0.3, 0.4) is 0 Å². The number of benzene rings is 1. The molecule has 1 aromatic heterocycles. The predicted octanol–water partition coefficient (Wildman–Crippen LogP) is 4.56. The lowest BCUT2D eigenvalue weighted by atomic mass is 10.0. The normalized spacial score (nSPS) is 11.6. The van der Waals surface area contributed by atoms with E-state index in [1.165, 1.54) is 24.4 Å². The third-order valence-corrected chi connectivity index (χ3v) is 2.63. The molecule has 0 saturated heterocycles. The predicted molar refractivity (Wildman–Crippen MR) is 59.6 cm³/mol. The minimum absolute atomic E-state index is 0.115. The van der Waals surface area contributed by atoms with Crippen LogP contribution in [0.25, 0.3) is 11.1 Å². The van der Waals surface area contributed by atoms with Gasteiger partial charge < -0.3 is 0 Å². The van der Waals surface area contributed by atoms with Crippen LogP contribution >= 0.6 is 11.6 Å². The highest BCUT2D eigenvalue weighted by atomic mass is 35.5. The van der Waals surface area contributed by atoms with Gasteiger partial charge in [0.25, 0.3) is 0 Å². The molecule has 18 heavy (non-hydrogen) atoms. The Morgan fingerprint density at radius 3 is 2.17 bits per heavy atom. The fourth-order valence-electron chi connectivity index (χ4n) is 1.48. The van der Waals surface area contributed by atoms with Crippen molar-refractivity contribution >= 4 is 11.6 Å². The number of pyridine rings is 1. The van der Waals surface area contributed by atoms with Crippen LogP contribution in [0, 0.1) is 5.82 Å². The summed E-state index contributed by atoms with van der Waals surface area (Å²) in [7, 11) is 0. The maximum absolute atomic E-state index is 13.6. The van der Waals surface area contributed by atoms with Gasteiger partial charge in [0.1, 0.15) is 0 Å². The van der Waals surface area contributed by atoms with E-state index in [1.54, 1.807) is 0 Å². The lowest BCUT2D eigenvalue weighted by Crippen LogP contribution is -2.04. The number of halogens is 5. The molecule has 2 rings (SSSR count). The van der Waals surface area contributed by atoms with Crippen molar-refractivity contribution in [3.63, 3.8) is 0 Å². The van der Waals surface area contributed by atoms with Gasteiger partial charge in [-0.3, -0.25) is 0 Å². The van der Waals surface area contributed by atoms with Gasteiger partial charge in [-0.05, 0) is 23.8 Å². The molecule has 0 unspecified atom stereocenters. The van der Waals surface area contributed by atoms with Crippen molar-refractivity contribution in [1.29, 1.82) is 0 Å². The lowest BCUT2D eigenvalue weighted by molar-refractivity contribution is -0.137. The average molecular weight is 276 g/mol. The molecule has 0 aliphatic heterocycles. The number of alkyl halides is 3. The summed E-state index contributed by atoms with van der Waals surface area (Å²) < 4.78 is 50.7. The summed E-state index contributed by atoms with van der Waals surface area (Å²) >= 11 is 5.50. The second-order valence-corrected chi connectivity index (χ2v) is 3.90. The number of hydrogen-bond acceptors (Lipinski definition) is 1. The molecule has 1 heterocycles. The van der Waals surface area contributed by atoms with Gasteiger partial charge in [-0.15, -0.1) is 0 Å². The molecule has 0 spiro atoms. The molecule has 0 amide bonds. The Morgan fingerprint density at radius 2 is 1.61 bits per heavy atom. The molecular weight excluding hydrogens is 270 g/mol. The van der Waals surface area contributed by atoms with Gasteiger partial charge in [0.05, 0.1) is 5.56 Å². The lowest BCUT2D eigenvalue weighted by Gasteiger charge is -2.08. The molecule has 0 atom stereocenters. The first-order valence-electron chi connectivity index (χ1n) is 4.87. The van der Waals surface area contributed by atoms with E-state index in [-0.39, 0.29) is 10.7 Å². The first-order chi connectivity index (χ1) is 8.39. The molecule has 0 aliphatic carbocycles. The number of nitrogens with zero attached hydrogens (tertiary/aromatic N) is 1. The van der Waals surface area contributed by atoms with Gasteiger partial charge in [0.15, 0.2) is 11.0 Å². The summed E-state index contributed by atoms with van der Waals surface area (Å²) in [5, 5.41) is -0.313. The Kier molecular flexibility index (Phi) is 3.26. The molecule has 0 radical (unpaired) electrons. The van der Waals surface area contributed by atoms with Crippen molar-refractivity contribution in [2.75, 3.05) is 0 Å². The Labute approximate surface area is 105 Å². The summed E-state index contributed by atoms with van der Waals surface area (Å²) in [5.74, 6) is -0.751. The minimum Gasteiger partial charge on any atom is -0.242 e. The van der Waals surface area contributed by atoms with Crippen LogP contribution in [0.15, 0.2) is 36.5 Å². The fourth-order valence-corrected chi connectivity index (χ4v) is 1.64. The van der Waals surface area contributed by atoms with E-state index in [2.05, 4.69) is 4.98 Å². The molecule has 0 aliphatic rings. The monoisotopic (exact) mass is 275 g/mol. The first-order valence-corrected chi connectivity index (χ1v) is 5.25. The average Bonchev–Trinajstić information content (AvgIpc) is 2.32. The molecule has 0 saturated carbocycles. The summed E-state index contributed by atoms with van der Waals surface area (Å²) in [6.45, 7) is 0. The van der Waals surface area contributed by atoms with E-state index < -0.39 is 17.6 Å². The van der Waals surface area contributed by atoms with Crippen molar-refractivity contribution in [2.24, 2.45) is 0 Å². The largest absolute Gasteiger partial charge is 0.416 e. The molecule has 0 fully saturated rings. The summed E-state index contributed by atoms with van der Waals surface area (Å²) in [6.07, 6.45) is -3.12. The van der Waals surface area contributed by atoms with Crippen LogP contribution < -0.4 is 0 Å². The summed E-state index contributed by atoms with van der Waals surface area (Å²) in [4.78, 5) is 3.53. The van der Waals surface area contributed by atoms with Crippen LogP contribution in [-0.2, 0) is 6.18 Å². The molecular formula is C12H6ClF4N. The van der Waals surface area contributed by atoms with Gasteiger partial charge >= 0.3 is 6.18 Å². The number of rotatable bonds is 1. The third kappa shape index (κ3) is 2.46. The zero-order valence-corrected chi connectivity index (χ0v) is 9.56. The van der Waals surface area contributed by atoms with Gasteiger partial charge in [0.2, 0.25) is 0 Å². The van der Waals surface area contributed by atoms with Gasteiger partial charge in [-0.25, -0.2) is 9.37 Å². The maximum Gasteiger partial charge on any atom is 0.416 e. The van der Waals surface area contributed by atoms with E-state index in [9.17, 15) is 17.6 Å². The van der Waals surface area contributed by atoms with Crippen LogP contribution in [0.2, 0.25) is 5.15 Å². The second-order valence-electron chi connectivity index (χ2n) is 3.54. The Hall–Kier alpha value is -1.62. The Bertz CT molecular complexity index is 563. The minimum atomic E-state index is -4.41. The van der Waals surface area contributed by atoms with Crippen molar-refractivity contribution < 1.29 is 17.6 Å². The van der Waals surface area contributed by atoms with Gasteiger partial charge in [-0.2, -0.15) is 13.2 Å². The van der Waals surface area contributed by atoms with Crippen LogP contribution in [0.1, 0.15) is 5.56 Å². The van der Waals surface area contributed by atoms with Gasteiger partial charge in [0, 0.05) is 11.8 Å². The van der Waals surface area contributed by atoms with Crippen molar-refractivity contribution in [1.82, 2.24) is 4.98 Å². The SMILES string of the molecule is Fc1c(-c2ccc(C(F)(F)F)cc2)ccnc1Cl. The van der Waals surface area contributed by atoms with Crippen LogP contribution in [0.5, 0.6) is 0 Å². The third-order valence-electron chi connectivity index (χ3n) is 2.37. The standard InChI is InChI=1S/C12H6ClF4N/c13-11-10(14)9(5-6-18-11)7-1-3-8(4-2-7)12(15,16)17/h1-6H. The molecule has 1 nitrogen and oxygen atoms in total. The highest BCUT2D eigenvalue weighted by molar-refractivity contribution is 6.29. The van der Waals surface area contributed by atoms with Crippen molar-refractivity contribution in [2.45, 2.75) is 6.18 Å². The molecule has 2 aromatic rings. The van der Waals surface area contributed by atoms with Crippen molar-refractivity contribution in [3.8, 4) is 11.1 Å². The zero-order chi connectivity index (χ0) is 13.3. The molecule has 94 valence electrons. The van der Waals surface area contributed by atoms with Crippen molar-refractivity contribution in [3.05, 3.63) is 53.1 Å². The fraction of sp³-hybridized carbons (Fsp3) is 0.0833. The quantitative estimate of drug-likeness (QED) is 0.549.